The van der Waals surface area contributed by atoms with Crippen molar-refractivity contribution in [3.63, 3.8) is 0 Å². The van der Waals surface area contributed by atoms with Crippen molar-refractivity contribution < 1.29 is 14.3 Å². The van der Waals surface area contributed by atoms with Crippen LogP contribution in [0, 0.1) is 0 Å². The topological polar surface area (TPSA) is 81.4 Å². The van der Waals surface area contributed by atoms with Crippen LogP contribution >= 0.6 is 0 Å². The summed E-state index contributed by atoms with van der Waals surface area (Å²) < 4.78 is 5.32. The standard InChI is InChI=1S/C16H24N2O3/c1-4-21-13-7-5-12(6-8-13)14(19)9-10-15(20)18-11-16(2,3)17/h5-8H,4,9-11,17H2,1-3H3,(H,18,20). The molecule has 3 N–H and O–H groups in total. The van der Waals surface area contributed by atoms with Crippen LogP contribution in [0.4, 0.5) is 0 Å². The van der Waals surface area contributed by atoms with Crippen LogP contribution in [-0.4, -0.2) is 30.4 Å². The summed E-state index contributed by atoms with van der Waals surface area (Å²) in [4.78, 5) is 23.6. The second-order valence-corrected chi connectivity index (χ2v) is 5.65. The van der Waals surface area contributed by atoms with Crippen LogP contribution in [0.5, 0.6) is 5.75 Å². The number of Topliss-reactive ketones (excluding diaryl/α,β-unsaturated/α-hetero) is 1. The lowest BCUT2D eigenvalue weighted by Crippen LogP contribution is -2.45. The SMILES string of the molecule is CCOc1ccc(C(=O)CCC(=O)NCC(C)(C)N)cc1. The molecule has 0 aliphatic rings. The van der Waals surface area contributed by atoms with Crippen molar-refractivity contribution in [2.75, 3.05) is 13.2 Å². The highest BCUT2D eigenvalue weighted by molar-refractivity contribution is 5.98. The van der Waals surface area contributed by atoms with E-state index in [1.165, 1.54) is 0 Å². The number of carbonyl (C=O) groups is 2. The fraction of sp³-hybridized carbons (Fsp3) is 0.500. The smallest absolute Gasteiger partial charge is 0.220 e. The summed E-state index contributed by atoms with van der Waals surface area (Å²) in [6.45, 7) is 6.55. The number of nitrogens with one attached hydrogen (secondary N) is 1. The summed E-state index contributed by atoms with van der Waals surface area (Å²) in [5.41, 5.74) is 5.91. The Kier molecular flexibility index (Phi) is 6.37. The third-order valence-corrected chi connectivity index (χ3v) is 2.81. The Balaban J connectivity index is 2.41. The molecule has 116 valence electrons. The molecule has 0 radical (unpaired) electrons. The van der Waals surface area contributed by atoms with E-state index >= 15 is 0 Å². The summed E-state index contributed by atoms with van der Waals surface area (Å²) in [5.74, 6) is 0.519. The van der Waals surface area contributed by atoms with E-state index in [4.69, 9.17) is 10.5 Å². The Morgan fingerprint density at radius 1 is 1.19 bits per heavy atom. The van der Waals surface area contributed by atoms with Gasteiger partial charge >= 0.3 is 0 Å². The summed E-state index contributed by atoms with van der Waals surface area (Å²) in [5, 5.41) is 2.72. The largest absolute Gasteiger partial charge is 0.494 e. The third-order valence-electron chi connectivity index (χ3n) is 2.81. The number of amides is 1. The van der Waals surface area contributed by atoms with E-state index in [1.54, 1.807) is 24.3 Å². The molecule has 0 spiro atoms. The predicted octanol–water partition coefficient (Wildman–Crippen LogP) is 1.90. The van der Waals surface area contributed by atoms with Gasteiger partial charge in [-0.15, -0.1) is 0 Å². The van der Waals surface area contributed by atoms with Crippen molar-refractivity contribution in [1.29, 1.82) is 0 Å². The molecule has 5 nitrogen and oxygen atoms in total. The number of hydrogen-bond donors (Lipinski definition) is 2. The first-order valence-corrected chi connectivity index (χ1v) is 7.13. The highest BCUT2D eigenvalue weighted by Crippen LogP contribution is 2.14. The molecule has 0 aliphatic carbocycles. The highest BCUT2D eigenvalue weighted by atomic mass is 16.5. The number of ether oxygens (including phenoxy) is 1. The van der Waals surface area contributed by atoms with Crippen molar-refractivity contribution in [2.45, 2.75) is 39.2 Å². The van der Waals surface area contributed by atoms with Crippen LogP contribution in [0.1, 0.15) is 44.0 Å². The monoisotopic (exact) mass is 292 g/mol. The molecule has 0 unspecified atom stereocenters. The summed E-state index contributed by atoms with van der Waals surface area (Å²) in [7, 11) is 0. The minimum atomic E-state index is -0.450. The Morgan fingerprint density at radius 2 is 1.81 bits per heavy atom. The third kappa shape index (κ3) is 6.90. The molecule has 0 aromatic heterocycles. The van der Waals surface area contributed by atoms with E-state index in [2.05, 4.69) is 5.32 Å². The van der Waals surface area contributed by atoms with Gasteiger partial charge in [0, 0.05) is 30.5 Å². The Morgan fingerprint density at radius 3 is 2.33 bits per heavy atom. The minimum absolute atomic E-state index is 0.0554. The summed E-state index contributed by atoms with van der Waals surface area (Å²) >= 11 is 0. The van der Waals surface area contributed by atoms with E-state index in [1.807, 2.05) is 20.8 Å². The molecule has 1 aromatic carbocycles. The van der Waals surface area contributed by atoms with E-state index < -0.39 is 5.54 Å². The molecule has 0 bridgehead atoms. The molecular weight excluding hydrogens is 268 g/mol. The fourth-order valence-electron chi connectivity index (χ4n) is 1.69. The van der Waals surface area contributed by atoms with Gasteiger partial charge in [-0.3, -0.25) is 9.59 Å². The number of nitrogens with two attached hydrogens (primary N) is 1. The second kappa shape index (κ2) is 7.78. The lowest BCUT2D eigenvalue weighted by atomic mass is 10.1. The molecule has 5 heteroatoms. The van der Waals surface area contributed by atoms with Crippen molar-refractivity contribution in [3.8, 4) is 5.75 Å². The molecule has 1 aromatic rings. The number of benzene rings is 1. The van der Waals surface area contributed by atoms with Crippen LogP contribution in [0.3, 0.4) is 0 Å². The maximum atomic E-state index is 12.0. The molecule has 0 aliphatic heterocycles. The van der Waals surface area contributed by atoms with Crippen molar-refractivity contribution in [2.24, 2.45) is 5.73 Å². The van der Waals surface area contributed by atoms with Crippen molar-refractivity contribution >= 4 is 11.7 Å². The van der Waals surface area contributed by atoms with E-state index in [-0.39, 0.29) is 24.5 Å². The molecular formula is C16H24N2O3. The first kappa shape index (κ1) is 17.2. The maximum absolute atomic E-state index is 12.0. The Labute approximate surface area is 125 Å². The van der Waals surface area contributed by atoms with Crippen LogP contribution in [0.25, 0.3) is 0 Å². The Hall–Kier alpha value is -1.88. The van der Waals surface area contributed by atoms with Gasteiger partial charge in [-0.2, -0.15) is 0 Å². The molecule has 0 fully saturated rings. The van der Waals surface area contributed by atoms with Gasteiger partial charge in [0.05, 0.1) is 6.61 Å². The van der Waals surface area contributed by atoms with Crippen LogP contribution in [0.15, 0.2) is 24.3 Å². The lowest BCUT2D eigenvalue weighted by Gasteiger charge is -2.18. The zero-order chi connectivity index (χ0) is 15.9. The van der Waals surface area contributed by atoms with Gasteiger partial charge < -0.3 is 15.8 Å². The van der Waals surface area contributed by atoms with Gasteiger partial charge in [-0.25, -0.2) is 0 Å². The van der Waals surface area contributed by atoms with E-state index in [9.17, 15) is 9.59 Å². The number of ketones is 1. The molecule has 1 amide bonds. The normalized spacial score (nSPS) is 11.0. The Bertz CT molecular complexity index is 475. The lowest BCUT2D eigenvalue weighted by molar-refractivity contribution is -0.121. The first-order valence-electron chi connectivity index (χ1n) is 7.13. The van der Waals surface area contributed by atoms with Crippen molar-refractivity contribution in [1.82, 2.24) is 5.32 Å². The van der Waals surface area contributed by atoms with Crippen LogP contribution in [-0.2, 0) is 4.79 Å². The number of hydrogen-bond acceptors (Lipinski definition) is 4. The average Bonchev–Trinajstić information content (AvgIpc) is 2.43. The molecule has 0 saturated heterocycles. The molecule has 0 saturated carbocycles. The average molecular weight is 292 g/mol. The number of carbonyl (C=O) groups excluding carboxylic acids is 2. The van der Waals surface area contributed by atoms with Gasteiger partial charge in [0.1, 0.15) is 5.75 Å². The van der Waals surface area contributed by atoms with Crippen LogP contribution in [0.2, 0.25) is 0 Å². The molecule has 1 rings (SSSR count). The predicted molar refractivity (Wildman–Crippen MR) is 82.5 cm³/mol. The highest BCUT2D eigenvalue weighted by Gasteiger charge is 2.13. The second-order valence-electron chi connectivity index (χ2n) is 5.65. The zero-order valence-electron chi connectivity index (χ0n) is 12.9. The van der Waals surface area contributed by atoms with Gasteiger partial charge in [0.15, 0.2) is 5.78 Å². The summed E-state index contributed by atoms with van der Waals surface area (Å²) in [6.07, 6.45) is 0.354. The zero-order valence-corrected chi connectivity index (χ0v) is 12.9. The molecule has 0 atom stereocenters. The maximum Gasteiger partial charge on any atom is 0.220 e. The van der Waals surface area contributed by atoms with E-state index in [0.29, 0.717) is 18.7 Å². The van der Waals surface area contributed by atoms with E-state index in [0.717, 1.165) is 5.75 Å². The first-order chi connectivity index (χ1) is 9.81. The van der Waals surface area contributed by atoms with Gasteiger partial charge in [0.2, 0.25) is 5.91 Å². The van der Waals surface area contributed by atoms with Gasteiger partial charge in [-0.05, 0) is 45.0 Å². The quantitative estimate of drug-likeness (QED) is 0.717. The van der Waals surface area contributed by atoms with Crippen LogP contribution < -0.4 is 15.8 Å². The number of rotatable bonds is 8. The van der Waals surface area contributed by atoms with Crippen molar-refractivity contribution in [3.05, 3.63) is 29.8 Å². The summed E-state index contributed by atoms with van der Waals surface area (Å²) in [6, 6.07) is 6.95. The molecule has 0 heterocycles. The van der Waals surface area contributed by atoms with Gasteiger partial charge in [0.25, 0.3) is 0 Å². The molecule has 21 heavy (non-hydrogen) atoms. The fourth-order valence-corrected chi connectivity index (χ4v) is 1.69. The minimum Gasteiger partial charge on any atom is -0.494 e. The van der Waals surface area contributed by atoms with Gasteiger partial charge in [-0.1, -0.05) is 0 Å².